The SMILES string of the molecule is COc1ccc(OC)c(NC(=O)C[C@@H]2SC(=Nc3ccc(Cl)cc3)N(CCc3ccccn3)C2=O)c1. The lowest BCUT2D eigenvalue weighted by Gasteiger charge is -2.16. The number of nitrogens with zero attached hydrogens (tertiary/aromatic N) is 3. The number of amides is 2. The van der Waals surface area contributed by atoms with E-state index in [1.165, 1.54) is 18.9 Å². The molecule has 1 aromatic heterocycles. The molecule has 3 aromatic rings. The maximum atomic E-state index is 13.4. The summed E-state index contributed by atoms with van der Waals surface area (Å²) >= 11 is 7.27. The monoisotopic (exact) mass is 524 g/mol. The van der Waals surface area contributed by atoms with E-state index in [0.29, 0.717) is 46.0 Å². The van der Waals surface area contributed by atoms with Crippen molar-refractivity contribution in [2.75, 3.05) is 26.1 Å². The molecule has 1 N–H and O–H groups in total. The number of thioether (sulfide) groups is 1. The normalized spacial score (nSPS) is 16.3. The van der Waals surface area contributed by atoms with Gasteiger partial charge in [0.1, 0.15) is 16.7 Å². The summed E-state index contributed by atoms with van der Waals surface area (Å²) in [4.78, 5) is 36.9. The lowest BCUT2D eigenvalue weighted by atomic mass is 10.2. The molecular weight excluding hydrogens is 500 g/mol. The van der Waals surface area contributed by atoms with Gasteiger partial charge in [-0.1, -0.05) is 29.4 Å². The van der Waals surface area contributed by atoms with Gasteiger partial charge in [-0.15, -0.1) is 0 Å². The molecule has 36 heavy (non-hydrogen) atoms. The van der Waals surface area contributed by atoms with Crippen LogP contribution in [-0.2, 0) is 16.0 Å². The van der Waals surface area contributed by atoms with Crippen molar-refractivity contribution < 1.29 is 19.1 Å². The molecule has 1 aliphatic rings. The number of carbonyl (C=O) groups excluding carboxylic acids is 2. The van der Waals surface area contributed by atoms with Crippen molar-refractivity contribution >= 4 is 51.7 Å². The summed E-state index contributed by atoms with van der Waals surface area (Å²) in [5.41, 5.74) is 2.01. The average molecular weight is 525 g/mol. The van der Waals surface area contributed by atoms with Crippen molar-refractivity contribution in [3.8, 4) is 11.5 Å². The van der Waals surface area contributed by atoms with Gasteiger partial charge in [0.25, 0.3) is 0 Å². The maximum Gasteiger partial charge on any atom is 0.242 e. The maximum absolute atomic E-state index is 13.4. The van der Waals surface area contributed by atoms with E-state index in [9.17, 15) is 9.59 Å². The molecule has 0 bridgehead atoms. The Bertz CT molecular complexity index is 1250. The number of anilines is 1. The number of aromatic nitrogens is 1. The van der Waals surface area contributed by atoms with Crippen LogP contribution < -0.4 is 14.8 Å². The summed E-state index contributed by atoms with van der Waals surface area (Å²) in [6.45, 7) is 0.400. The Morgan fingerprint density at radius 2 is 1.94 bits per heavy atom. The quantitative estimate of drug-likeness (QED) is 0.425. The number of nitrogens with one attached hydrogen (secondary N) is 1. The predicted molar refractivity (Wildman–Crippen MR) is 142 cm³/mol. The van der Waals surface area contributed by atoms with E-state index in [4.69, 9.17) is 21.1 Å². The standard InChI is InChI=1S/C26H25ClN4O4S/c1-34-20-10-11-22(35-2)21(15-20)30-24(32)16-23-25(33)31(14-12-18-5-3-4-13-28-18)26(36-23)29-19-8-6-17(27)7-9-19/h3-11,13,15,23H,12,14,16H2,1-2H3,(H,30,32)/t23-/m0/s1. The van der Waals surface area contributed by atoms with Crippen LogP contribution >= 0.6 is 23.4 Å². The van der Waals surface area contributed by atoms with E-state index in [2.05, 4.69) is 15.3 Å². The molecule has 1 saturated heterocycles. The van der Waals surface area contributed by atoms with Crippen molar-refractivity contribution in [3.05, 3.63) is 77.6 Å². The fourth-order valence-corrected chi connectivity index (χ4v) is 4.92. The number of rotatable bonds is 9. The van der Waals surface area contributed by atoms with Crippen LogP contribution in [0.25, 0.3) is 0 Å². The van der Waals surface area contributed by atoms with Gasteiger partial charge < -0.3 is 14.8 Å². The molecule has 10 heteroatoms. The zero-order valence-electron chi connectivity index (χ0n) is 19.8. The van der Waals surface area contributed by atoms with Crippen LogP contribution in [0.4, 0.5) is 11.4 Å². The van der Waals surface area contributed by atoms with E-state index in [0.717, 1.165) is 5.69 Å². The minimum Gasteiger partial charge on any atom is -0.497 e. The number of carbonyl (C=O) groups is 2. The number of pyridine rings is 1. The Balaban J connectivity index is 1.51. The molecule has 8 nitrogen and oxygen atoms in total. The van der Waals surface area contributed by atoms with Crippen LogP contribution in [0.1, 0.15) is 12.1 Å². The Hall–Kier alpha value is -3.56. The highest BCUT2D eigenvalue weighted by Gasteiger charge is 2.39. The van der Waals surface area contributed by atoms with Gasteiger partial charge in [0.2, 0.25) is 11.8 Å². The van der Waals surface area contributed by atoms with E-state index in [1.807, 2.05) is 18.2 Å². The zero-order valence-corrected chi connectivity index (χ0v) is 21.4. The van der Waals surface area contributed by atoms with Crippen LogP contribution in [0.3, 0.4) is 0 Å². The number of ether oxygens (including phenoxy) is 2. The van der Waals surface area contributed by atoms with E-state index in [1.54, 1.807) is 60.7 Å². The lowest BCUT2D eigenvalue weighted by Crippen LogP contribution is -2.35. The number of hydrogen-bond acceptors (Lipinski definition) is 7. The molecule has 0 spiro atoms. The van der Waals surface area contributed by atoms with E-state index in [-0.39, 0.29) is 18.2 Å². The fourth-order valence-electron chi connectivity index (χ4n) is 3.61. The van der Waals surface area contributed by atoms with Crippen LogP contribution in [0, 0.1) is 0 Å². The topological polar surface area (TPSA) is 93.1 Å². The lowest BCUT2D eigenvalue weighted by molar-refractivity contribution is -0.128. The minimum absolute atomic E-state index is 0.0242. The molecule has 186 valence electrons. The zero-order chi connectivity index (χ0) is 25.5. The van der Waals surface area contributed by atoms with Crippen LogP contribution in [0.5, 0.6) is 11.5 Å². The Kier molecular flexibility index (Phi) is 8.45. The first-order chi connectivity index (χ1) is 17.5. The van der Waals surface area contributed by atoms with Gasteiger partial charge in [-0.05, 0) is 48.5 Å². The molecule has 2 heterocycles. The molecule has 2 amide bonds. The van der Waals surface area contributed by atoms with Gasteiger partial charge >= 0.3 is 0 Å². The Morgan fingerprint density at radius 1 is 1.14 bits per heavy atom. The van der Waals surface area contributed by atoms with Crippen molar-refractivity contribution in [3.63, 3.8) is 0 Å². The second kappa shape index (κ2) is 11.9. The van der Waals surface area contributed by atoms with Crippen LogP contribution in [0.15, 0.2) is 71.9 Å². The van der Waals surface area contributed by atoms with Crippen LogP contribution in [-0.4, -0.2) is 52.9 Å². The van der Waals surface area contributed by atoms with Gasteiger partial charge in [0.05, 0.1) is 25.6 Å². The third kappa shape index (κ3) is 6.35. The summed E-state index contributed by atoms with van der Waals surface area (Å²) in [5, 5.41) is 3.36. The van der Waals surface area contributed by atoms with Gasteiger partial charge in [-0.3, -0.25) is 19.5 Å². The fraction of sp³-hybridized carbons (Fsp3) is 0.231. The molecule has 0 unspecified atom stereocenters. The third-order valence-corrected chi connectivity index (χ3v) is 6.87. The summed E-state index contributed by atoms with van der Waals surface area (Å²) in [6, 6.07) is 17.8. The van der Waals surface area contributed by atoms with Crippen molar-refractivity contribution in [2.45, 2.75) is 18.1 Å². The molecule has 0 aliphatic carbocycles. The number of methoxy groups -OCH3 is 2. The predicted octanol–water partition coefficient (Wildman–Crippen LogP) is 4.96. The van der Waals surface area contributed by atoms with Gasteiger partial charge in [-0.2, -0.15) is 0 Å². The van der Waals surface area contributed by atoms with E-state index >= 15 is 0 Å². The Morgan fingerprint density at radius 3 is 2.64 bits per heavy atom. The average Bonchev–Trinajstić information content (AvgIpc) is 3.17. The first kappa shape index (κ1) is 25.5. The molecule has 2 aromatic carbocycles. The Labute approximate surface area is 218 Å². The number of benzene rings is 2. The first-order valence-corrected chi connectivity index (χ1v) is 12.5. The van der Waals surface area contributed by atoms with Gasteiger partial charge in [0, 0.05) is 42.4 Å². The van der Waals surface area contributed by atoms with E-state index < -0.39 is 5.25 Å². The first-order valence-electron chi connectivity index (χ1n) is 11.2. The molecule has 0 saturated carbocycles. The summed E-state index contributed by atoms with van der Waals surface area (Å²) < 4.78 is 10.6. The van der Waals surface area contributed by atoms with Crippen molar-refractivity contribution in [2.24, 2.45) is 4.99 Å². The molecule has 1 aliphatic heterocycles. The smallest absolute Gasteiger partial charge is 0.242 e. The van der Waals surface area contributed by atoms with Gasteiger partial charge in [0.15, 0.2) is 5.17 Å². The molecular formula is C26H25ClN4O4S. The summed E-state index contributed by atoms with van der Waals surface area (Å²) in [7, 11) is 3.06. The number of aliphatic imine (C=N–C) groups is 1. The number of halogens is 1. The van der Waals surface area contributed by atoms with Gasteiger partial charge in [-0.25, -0.2) is 4.99 Å². The molecule has 1 atom stereocenters. The van der Waals surface area contributed by atoms with Crippen molar-refractivity contribution in [1.82, 2.24) is 9.88 Å². The minimum atomic E-state index is -0.614. The molecule has 0 radical (unpaired) electrons. The number of amidine groups is 1. The van der Waals surface area contributed by atoms with Crippen LogP contribution in [0.2, 0.25) is 5.02 Å². The summed E-state index contributed by atoms with van der Waals surface area (Å²) in [6.07, 6.45) is 2.26. The third-order valence-electron chi connectivity index (χ3n) is 5.44. The highest BCUT2D eigenvalue weighted by Crippen LogP contribution is 2.33. The second-order valence-corrected chi connectivity index (χ2v) is 9.46. The molecule has 4 rings (SSSR count). The largest absolute Gasteiger partial charge is 0.497 e. The highest BCUT2D eigenvalue weighted by molar-refractivity contribution is 8.15. The van der Waals surface area contributed by atoms with Crippen molar-refractivity contribution in [1.29, 1.82) is 0 Å². The second-order valence-electron chi connectivity index (χ2n) is 7.86. The summed E-state index contributed by atoms with van der Waals surface area (Å²) in [5.74, 6) is 0.591. The highest BCUT2D eigenvalue weighted by atomic mass is 35.5. The number of hydrogen-bond donors (Lipinski definition) is 1. The molecule has 1 fully saturated rings.